The van der Waals surface area contributed by atoms with Crippen LogP contribution in [0.3, 0.4) is 0 Å². The number of hydrogen-bond acceptors (Lipinski definition) is 8. The van der Waals surface area contributed by atoms with Gasteiger partial charge in [-0.2, -0.15) is 0 Å². The lowest BCUT2D eigenvalue weighted by Gasteiger charge is -2.30. The van der Waals surface area contributed by atoms with Gasteiger partial charge in [0.05, 0.1) is 17.9 Å². The maximum atomic E-state index is 11.8. The van der Waals surface area contributed by atoms with E-state index in [2.05, 4.69) is 90.7 Å². The zero-order chi connectivity index (χ0) is 31.1. The van der Waals surface area contributed by atoms with Crippen molar-refractivity contribution in [1.29, 1.82) is 0 Å². The fraction of sp³-hybridized carbons (Fsp3) is 0.379. The highest BCUT2D eigenvalue weighted by Crippen LogP contribution is 2.45. The first-order valence-corrected chi connectivity index (χ1v) is 17.9. The Balaban J connectivity index is 2.34. The molecule has 0 aliphatic heterocycles. The van der Waals surface area contributed by atoms with E-state index in [0.29, 0.717) is 11.5 Å². The summed E-state index contributed by atoms with van der Waals surface area (Å²) in [6, 6.07) is 8.06. The normalized spacial score (nSPS) is 14.3. The second-order valence-corrected chi connectivity index (χ2v) is 15.1. The Hall–Kier alpha value is -0.920. The Morgan fingerprint density at radius 3 is 1.76 bits per heavy atom. The van der Waals surface area contributed by atoms with Crippen molar-refractivity contribution < 1.29 is 28.5 Å². The number of carbonyl (C=O) groups excluding carboxylic acids is 2. The van der Waals surface area contributed by atoms with Crippen molar-refractivity contribution in [1.82, 2.24) is 0 Å². The van der Waals surface area contributed by atoms with Crippen molar-refractivity contribution >= 4 is 99.2 Å². The predicted octanol–water partition coefficient (Wildman–Crippen LogP) is 9.44. The molecule has 2 aromatic rings. The van der Waals surface area contributed by atoms with E-state index in [0.717, 1.165) is 41.2 Å². The highest BCUT2D eigenvalue weighted by atomic mass is 79.9. The van der Waals surface area contributed by atoms with Crippen molar-refractivity contribution in [3.05, 3.63) is 78.6 Å². The van der Waals surface area contributed by atoms with E-state index in [9.17, 15) is 9.59 Å². The summed E-state index contributed by atoms with van der Waals surface area (Å²) in [4.78, 5) is 22.6. The van der Waals surface area contributed by atoms with E-state index in [1.165, 1.54) is 23.5 Å². The first-order valence-electron chi connectivity index (χ1n) is 12.2. The van der Waals surface area contributed by atoms with E-state index in [-0.39, 0.29) is 6.61 Å². The summed E-state index contributed by atoms with van der Waals surface area (Å²) in [5.41, 5.74) is 1.19. The van der Waals surface area contributed by atoms with Crippen LogP contribution in [-0.4, -0.2) is 47.5 Å². The molecular formula is C29H32Br4O6S2. The Labute approximate surface area is 284 Å². The Morgan fingerprint density at radius 2 is 1.34 bits per heavy atom. The van der Waals surface area contributed by atoms with Crippen LogP contribution in [0.5, 0.6) is 11.5 Å². The summed E-state index contributed by atoms with van der Waals surface area (Å²) in [5.74, 6) is 0.188. The summed E-state index contributed by atoms with van der Waals surface area (Å²) in [5, 5.41) is 0. The minimum atomic E-state index is -0.884. The van der Waals surface area contributed by atoms with E-state index >= 15 is 0 Å². The predicted molar refractivity (Wildman–Crippen MR) is 183 cm³/mol. The van der Waals surface area contributed by atoms with Crippen molar-refractivity contribution in [3.63, 3.8) is 0 Å². The zero-order valence-electron chi connectivity index (χ0n) is 23.5. The van der Waals surface area contributed by atoms with Gasteiger partial charge >= 0.3 is 11.9 Å². The van der Waals surface area contributed by atoms with Gasteiger partial charge in [-0.15, -0.1) is 23.5 Å². The van der Waals surface area contributed by atoms with Crippen LogP contribution >= 0.6 is 87.2 Å². The maximum absolute atomic E-state index is 11.8. The third-order valence-corrected chi connectivity index (χ3v) is 10.5. The number of halogens is 4. The second kappa shape index (κ2) is 15.7. The molecule has 0 saturated heterocycles. The quantitative estimate of drug-likeness (QED) is 0.106. The molecule has 0 fully saturated rings. The lowest BCUT2D eigenvalue weighted by molar-refractivity contribution is -0.146. The van der Waals surface area contributed by atoms with Crippen LogP contribution < -0.4 is 9.47 Å². The third-order valence-electron chi connectivity index (χ3n) is 6.15. The van der Waals surface area contributed by atoms with Gasteiger partial charge in [0.25, 0.3) is 0 Å². The van der Waals surface area contributed by atoms with Gasteiger partial charge in [-0.1, -0.05) is 27.0 Å². The molecule has 41 heavy (non-hydrogen) atoms. The lowest BCUT2D eigenvalue weighted by atomic mass is 9.78. The number of carbonyl (C=O) groups is 2. The van der Waals surface area contributed by atoms with Crippen molar-refractivity contribution in [2.75, 3.05) is 19.1 Å². The molecule has 0 bridgehead atoms. The van der Waals surface area contributed by atoms with Crippen LogP contribution in [0.25, 0.3) is 0 Å². The van der Waals surface area contributed by atoms with E-state index in [4.69, 9.17) is 18.9 Å². The molecule has 0 amide bonds. The number of benzene rings is 2. The van der Waals surface area contributed by atoms with E-state index < -0.39 is 33.8 Å². The molecule has 224 valence electrons. The summed E-state index contributed by atoms with van der Waals surface area (Å²) < 4.78 is 26.2. The van der Waals surface area contributed by atoms with Crippen molar-refractivity contribution in [2.24, 2.45) is 0 Å². The minimum Gasteiger partial charge on any atom is -0.486 e. The fourth-order valence-electron chi connectivity index (χ4n) is 3.58. The van der Waals surface area contributed by atoms with E-state index in [1.807, 2.05) is 36.8 Å². The molecular weight excluding hydrogens is 828 g/mol. The molecule has 0 saturated carbocycles. The molecule has 0 aromatic heterocycles. The van der Waals surface area contributed by atoms with Gasteiger partial charge in [0.15, 0.2) is 10.4 Å². The number of ether oxygens (including phenoxy) is 4. The molecule has 0 aliphatic carbocycles. The standard InChI is InChI=1S/C29H32Br4O6S2/c1-9-23(34)37-16(3)27(40-7)38-26-21(32)13-18(14-22(26)33)28(4,5)17-11-19(30)25(20(31)12-17)36-15-29(6,41-8)39-24(35)10-2/h9-14,16,27H,1-2,15H2,3-8H3. The van der Waals surface area contributed by atoms with Gasteiger partial charge in [0.1, 0.15) is 24.2 Å². The van der Waals surface area contributed by atoms with Crippen LogP contribution in [0.4, 0.5) is 0 Å². The molecule has 0 heterocycles. The Morgan fingerprint density at radius 1 is 0.878 bits per heavy atom. The van der Waals surface area contributed by atoms with Crippen LogP contribution in [-0.2, 0) is 24.5 Å². The maximum Gasteiger partial charge on any atom is 0.331 e. The molecule has 0 spiro atoms. The SMILES string of the molecule is C=CC(=O)OC(C)C(Oc1c(Br)cc(C(C)(C)c2cc(Br)c(OCC(C)(OC(=O)C=C)SC)c(Br)c2)cc1Br)SC. The smallest absolute Gasteiger partial charge is 0.331 e. The molecule has 0 aliphatic rings. The summed E-state index contributed by atoms with van der Waals surface area (Å²) in [6.07, 6.45) is 5.51. The molecule has 12 heteroatoms. The van der Waals surface area contributed by atoms with Crippen LogP contribution in [0, 0.1) is 0 Å². The Bertz CT molecular complexity index is 1260. The van der Waals surface area contributed by atoms with Crippen LogP contribution in [0.2, 0.25) is 0 Å². The third kappa shape index (κ3) is 9.53. The van der Waals surface area contributed by atoms with Gasteiger partial charge in [-0.05, 0) is 125 Å². The number of rotatable bonds is 14. The monoisotopic (exact) mass is 856 g/mol. The highest BCUT2D eigenvalue weighted by Gasteiger charge is 2.31. The second-order valence-electron chi connectivity index (χ2n) is 9.48. The minimum absolute atomic E-state index is 0.136. The van der Waals surface area contributed by atoms with E-state index in [1.54, 1.807) is 13.8 Å². The molecule has 3 unspecified atom stereocenters. The van der Waals surface area contributed by atoms with Gasteiger partial charge in [-0.25, -0.2) is 9.59 Å². The summed E-state index contributed by atoms with van der Waals surface area (Å²) in [7, 11) is 0. The van der Waals surface area contributed by atoms with Gasteiger partial charge in [0, 0.05) is 17.6 Å². The average Bonchev–Trinajstić information content (AvgIpc) is 2.91. The first-order chi connectivity index (χ1) is 19.1. The number of hydrogen-bond donors (Lipinski definition) is 0. The molecule has 2 aromatic carbocycles. The summed E-state index contributed by atoms with van der Waals surface area (Å²) >= 11 is 17.5. The molecule has 3 atom stereocenters. The highest BCUT2D eigenvalue weighted by molar-refractivity contribution is 9.11. The van der Waals surface area contributed by atoms with Crippen LogP contribution in [0.1, 0.15) is 38.8 Å². The zero-order valence-corrected chi connectivity index (χ0v) is 31.5. The number of esters is 2. The van der Waals surface area contributed by atoms with Crippen molar-refractivity contribution in [2.45, 2.75) is 49.6 Å². The molecule has 6 nitrogen and oxygen atoms in total. The number of thioether (sulfide) groups is 2. The molecule has 0 radical (unpaired) electrons. The van der Waals surface area contributed by atoms with Crippen molar-refractivity contribution in [3.8, 4) is 11.5 Å². The van der Waals surface area contributed by atoms with Gasteiger partial charge in [-0.3, -0.25) is 0 Å². The average molecular weight is 860 g/mol. The molecule has 0 N–H and O–H groups in total. The summed E-state index contributed by atoms with van der Waals surface area (Å²) in [6.45, 7) is 14.9. The first kappa shape index (κ1) is 36.3. The van der Waals surface area contributed by atoms with Crippen LogP contribution in [0.15, 0.2) is 67.5 Å². The van der Waals surface area contributed by atoms with Gasteiger partial charge in [0.2, 0.25) is 0 Å². The topological polar surface area (TPSA) is 71.1 Å². The fourth-order valence-corrected chi connectivity index (χ4v) is 7.35. The lowest BCUT2D eigenvalue weighted by Crippen LogP contribution is -2.34. The largest absolute Gasteiger partial charge is 0.486 e. The van der Waals surface area contributed by atoms with Gasteiger partial charge < -0.3 is 18.9 Å². The Kier molecular flexibility index (Phi) is 13.9. The molecule has 2 rings (SSSR count).